The minimum absolute atomic E-state index is 0.694. The summed E-state index contributed by atoms with van der Waals surface area (Å²) < 4.78 is 0. The summed E-state index contributed by atoms with van der Waals surface area (Å²) >= 11 is 0. The van der Waals surface area contributed by atoms with Crippen LogP contribution in [-0.4, -0.2) is 6.08 Å². The van der Waals surface area contributed by atoms with Gasteiger partial charge in [-0.3, -0.25) is 0 Å². The summed E-state index contributed by atoms with van der Waals surface area (Å²) in [6.45, 7) is 0. The molecule has 0 atom stereocenters. The normalized spacial score (nSPS) is 4.33. The SMILES string of the molecule is ClSCl.N=C=O. The first kappa shape index (κ1) is 9.58. The second-order valence-corrected chi connectivity index (χ2v) is 1.68. The maximum absolute atomic E-state index is 8.35. The Bertz CT molecular complexity index is 42.8. The molecule has 5 heteroatoms. The van der Waals surface area contributed by atoms with Crippen molar-refractivity contribution in [3.63, 3.8) is 0 Å². The number of halogens is 2. The molecule has 0 heterocycles. The molecular formula is CHCl2NOS. The molecule has 0 amide bonds. The summed E-state index contributed by atoms with van der Waals surface area (Å²) in [5.41, 5.74) is 0. The van der Waals surface area contributed by atoms with Crippen molar-refractivity contribution in [2.45, 2.75) is 0 Å². The molecule has 0 radical (unpaired) electrons. The van der Waals surface area contributed by atoms with Crippen LogP contribution in [0.5, 0.6) is 0 Å². The smallest absolute Gasteiger partial charge is 0.222 e. The van der Waals surface area contributed by atoms with Crippen molar-refractivity contribution in [3.05, 3.63) is 0 Å². The summed E-state index contributed by atoms with van der Waals surface area (Å²) in [7, 11) is 10.1. The van der Waals surface area contributed by atoms with Gasteiger partial charge in [-0.05, 0) is 21.4 Å². The quantitative estimate of drug-likeness (QED) is 0.419. The summed E-state index contributed by atoms with van der Waals surface area (Å²) in [5.74, 6) is 0. The fourth-order valence-corrected chi connectivity index (χ4v) is 0. The van der Waals surface area contributed by atoms with E-state index in [-0.39, 0.29) is 0 Å². The van der Waals surface area contributed by atoms with Crippen molar-refractivity contribution in [1.29, 1.82) is 5.41 Å². The second-order valence-electron chi connectivity index (χ2n) is 0.160. The van der Waals surface area contributed by atoms with E-state index in [2.05, 4.69) is 21.4 Å². The third-order valence-electron chi connectivity index (χ3n) is 0. The lowest BCUT2D eigenvalue weighted by atomic mass is 11.7. The van der Waals surface area contributed by atoms with Crippen LogP contribution >= 0.6 is 31.6 Å². The summed E-state index contributed by atoms with van der Waals surface area (Å²) in [5, 5.41) is 5.40. The average molecular weight is 146 g/mol. The molecule has 6 heavy (non-hydrogen) atoms. The van der Waals surface area contributed by atoms with E-state index < -0.39 is 0 Å². The van der Waals surface area contributed by atoms with Crippen molar-refractivity contribution >= 4 is 37.6 Å². The van der Waals surface area contributed by atoms with Crippen LogP contribution in [0.4, 0.5) is 0 Å². The van der Waals surface area contributed by atoms with Gasteiger partial charge in [0, 0.05) is 0 Å². The Balaban J connectivity index is 0. The number of hydrogen-bond acceptors (Lipinski definition) is 3. The molecule has 2 nitrogen and oxygen atoms in total. The predicted octanol–water partition coefficient (Wildman–Crippen LogP) is 1.93. The molecule has 0 bridgehead atoms. The van der Waals surface area contributed by atoms with Gasteiger partial charge in [0.05, 0.1) is 10.2 Å². The monoisotopic (exact) mass is 145 g/mol. The highest BCUT2D eigenvalue weighted by atomic mass is 36.0. The van der Waals surface area contributed by atoms with Crippen LogP contribution in [0.2, 0.25) is 0 Å². The topological polar surface area (TPSA) is 40.9 Å². The Morgan fingerprint density at radius 2 is 1.67 bits per heavy atom. The Morgan fingerprint density at radius 3 is 1.67 bits per heavy atom. The number of carbonyl (C=O) groups excluding carboxylic acids is 1. The van der Waals surface area contributed by atoms with E-state index in [9.17, 15) is 0 Å². The molecule has 0 rings (SSSR count). The van der Waals surface area contributed by atoms with Gasteiger partial charge in [-0.2, -0.15) is 0 Å². The van der Waals surface area contributed by atoms with E-state index in [1.165, 1.54) is 0 Å². The average Bonchev–Trinajstić information content (AvgIpc) is 1.39. The van der Waals surface area contributed by atoms with E-state index in [4.69, 9.17) is 10.2 Å². The zero-order valence-electron chi connectivity index (χ0n) is 2.57. The highest BCUT2D eigenvalue weighted by Gasteiger charge is 1.43. The largest absolute Gasteiger partial charge is 0.231 e. The highest BCUT2D eigenvalue weighted by Crippen LogP contribution is 2.08. The molecule has 0 saturated carbocycles. The lowest BCUT2D eigenvalue weighted by Gasteiger charge is -1.40. The lowest BCUT2D eigenvalue weighted by molar-refractivity contribution is 0.563. The summed E-state index contributed by atoms with van der Waals surface area (Å²) in [4.78, 5) is 8.35. The maximum Gasteiger partial charge on any atom is 0.231 e. The molecule has 0 aromatic carbocycles. The molecule has 0 aliphatic heterocycles. The molecule has 0 spiro atoms. The van der Waals surface area contributed by atoms with Gasteiger partial charge in [-0.15, -0.1) is 0 Å². The Kier molecular flexibility index (Phi) is 29.5. The van der Waals surface area contributed by atoms with Gasteiger partial charge in [0.15, 0.2) is 0 Å². The second kappa shape index (κ2) is 18.5. The van der Waals surface area contributed by atoms with Crippen LogP contribution in [0.3, 0.4) is 0 Å². The standard InChI is InChI=1S/CHNO.Cl2S/c2-1-3;1-3-2/h2H;. The van der Waals surface area contributed by atoms with Gasteiger partial charge >= 0.3 is 0 Å². The molecule has 0 unspecified atom stereocenters. The van der Waals surface area contributed by atoms with Crippen molar-refractivity contribution in [2.75, 3.05) is 0 Å². The van der Waals surface area contributed by atoms with Crippen LogP contribution < -0.4 is 0 Å². The molecule has 0 aliphatic carbocycles. The zero-order valence-corrected chi connectivity index (χ0v) is 4.90. The number of hydrogen-bond donors (Lipinski definition) is 1. The van der Waals surface area contributed by atoms with Crippen LogP contribution in [0, 0.1) is 5.41 Å². The maximum atomic E-state index is 8.35. The van der Waals surface area contributed by atoms with Gasteiger partial charge in [-0.25, -0.2) is 10.2 Å². The molecular weight excluding hydrogens is 145 g/mol. The van der Waals surface area contributed by atoms with Crippen molar-refractivity contribution in [3.8, 4) is 0 Å². The van der Waals surface area contributed by atoms with Gasteiger partial charge < -0.3 is 0 Å². The Labute approximate surface area is 48.3 Å². The molecule has 0 aromatic rings. The van der Waals surface area contributed by atoms with Gasteiger partial charge in [0.2, 0.25) is 6.08 Å². The summed E-state index contributed by atoms with van der Waals surface area (Å²) in [6.07, 6.45) is 0.750. The van der Waals surface area contributed by atoms with Gasteiger partial charge in [0.25, 0.3) is 0 Å². The predicted molar refractivity (Wildman–Crippen MR) is 27.7 cm³/mol. The fourth-order valence-electron chi connectivity index (χ4n) is 0. The van der Waals surface area contributed by atoms with Crippen LogP contribution in [0.25, 0.3) is 0 Å². The number of nitrogens with one attached hydrogen (secondary N) is 1. The zero-order chi connectivity index (χ0) is 5.41. The van der Waals surface area contributed by atoms with Crippen molar-refractivity contribution in [2.24, 2.45) is 0 Å². The van der Waals surface area contributed by atoms with E-state index in [0.29, 0.717) is 10.2 Å². The fraction of sp³-hybridized carbons (Fsp3) is 0. The molecule has 36 valence electrons. The molecule has 0 fully saturated rings. The minimum atomic E-state index is 0.694. The first-order valence-corrected chi connectivity index (χ1v) is 3.23. The van der Waals surface area contributed by atoms with Crippen LogP contribution in [0.15, 0.2) is 0 Å². The first-order valence-electron chi connectivity index (χ1n) is 0.763. The minimum Gasteiger partial charge on any atom is -0.222 e. The van der Waals surface area contributed by atoms with Crippen LogP contribution in [-0.2, 0) is 4.79 Å². The summed E-state index contributed by atoms with van der Waals surface area (Å²) in [6, 6.07) is 0. The molecule has 0 aromatic heterocycles. The van der Waals surface area contributed by atoms with E-state index in [1.807, 2.05) is 0 Å². The lowest BCUT2D eigenvalue weighted by Crippen LogP contribution is -1.16. The van der Waals surface area contributed by atoms with Gasteiger partial charge in [-0.1, -0.05) is 0 Å². The van der Waals surface area contributed by atoms with Crippen LogP contribution in [0.1, 0.15) is 0 Å². The number of rotatable bonds is 0. The van der Waals surface area contributed by atoms with Crippen molar-refractivity contribution in [1.82, 2.24) is 0 Å². The Morgan fingerprint density at radius 1 is 1.67 bits per heavy atom. The molecule has 0 aliphatic rings. The number of isocyanates is 1. The van der Waals surface area contributed by atoms with Crippen molar-refractivity contribution < 1.29 is 4.79 Å². The molecule has 1 N–H and O–H groups in total. The van der Waals surface area contributed by atoms with E-state index >= 15 is 0 Å². The van der Waals surface area contributed by atoms with E-state index in [1.54, 1.807) is 0 Å². The third kappa shape index (κ3) is 491. The third-order valence-corrected chi connectivity index (χ3v) is 0. The first-order chi connectivity index (χ1) is 2.83. The highest BCUT2D eigenvalue weighted by molar-refractivity contribution is 8.38. The molecule has 0 saturated heterocycles. The Hall–Kier alpha value is 0.310. The van der Waals surface area contributed by atoms with Gasteiger partial charge in [0.1, 0.15) is 0 Å². The van der Waals surface area contributed by atoms with E-state index in [0.717, 1.165) is 6.08 Å².